The topological polar surface area (TPSA) is 55.4 Å². The Bertz CT molecular complexity index is 816. The first-order valence-corrected chi connectivity index (χ1v) is 9.11. The summed E-state index contributed by atoms with van der Waals surface area (Å²) in [5.41, 5.74) is 0.754. The molecule has 0 fully saturated rings. The third-order valence-corrected chi connectivity index (χ3v) is 5.05. The van der Waals surface area contributed by atoms with Crippen LogP contribution < -0.4 is 9.46 Å². The largest absolute Gasteiger partial charge is 0.434 e. The van der Waals surface area contributed by atoms with Gasteiger partial charge in [-0.05, 0) is 23.8 Å². The van der Waals surface area contributed by atoms with Gasteiger partial charge in [0.2, 0.25) is 10.0 Å². The smallest absolute Gasteiger partial charge is 0.387 e. The van der Waals surface area contributed by atoms with E-state index in [-0.39, 0.29) is 23.1 Å². The van der Waals surface area contributed by atoms with Gasteiger partial charge in [-0.2, -0.15) is 8.78 Å². The van der Waals surface area contributed by atoms with E-state index < -0.39 is 16.6 Å². The Kier molecular flexibility index (Phi) is 6.40. The van der Waals surface area contributed by atoms with E-state index in [1.165, 1.54) is 30.3 Å². The lowest BCUT2D eigenvalue weighted by atomic mass is 10.2. The van der Waals surface area contributed by atoms with Gasteiger partial charge < -0.3 is 4.74 Å². The molecule has 0 atom stereocenters. The molecule has 0 amide bonds. The average Bonchev–Trinajstić information content (AvgIpc) is 2.49. The predicted octanol–water partition coefficient (Wildman–Crippen LogP) is 4.21. The average molecular weight is 396 g/mol. The van der Waals surface area contributed by atoms with Gasteiger partial charge in [-0.15, -0.1) is 0 Å². The number of rotatable bonds is 7. The first kappa shape index (κ1) is 18.9. The minimum Gasteiger partial charge on any atom is -0.434 e. The summed E-state index contributed by atoms with van der Waals surface area (Å²) in [4.78, 5) is 0. The number of ether oxygens (including phenoxy) is 1. The molecule has 4 nitrogen and oxygen atoms in total. The van der Waals surface area contributed by atoms with Crippen LogP contribution in [0.25, 0.3) is 0 Å². The second-order valence-corrected chi connectivity index (χ2v) is 7.44. The Hall–Kier alpha value is -1.41. The quantitative estimate of drug-likeness (QED) is 0.763. The molecule has 0 saturated carbocycles. The number of benzene rings is 2. The highest BCUT2D eigenvalue weighted by Gasteiger charge is 2.15. The minimum absolute atomic E-state index is 0.0789. The number of sulfonamides is 1. The first-order valence-electron chi connectivity index (χ1n) is 6.71. The van der Waals surface area contributed by atoms with E-state index in [0.29, 0.717) is 16.1 Å². The molecule has 0 unspecified atom stereocenters. The zero-order chi connectivity index (χ0) is 17.7. The van der Waals surface area contributed by atoms with Crippen molar-refractivity contribution in [1.82, 2.24) is 4.72 Å². The third kappa shape index (κ3) is 5.59. The summed E-state index contributed by atoms with van der Waals surface area (Å²) in [6.45, 7) is -3.16. The Morgan fingerprint density at radius 2 is 1.79 bits per heavy atom. The number of para-hydroxylation sites is 1. The molecule has 0 aliphatic rings. The molecule has 0 heterocycles. The van der Waals surface area contributed by atoms with Crippen molar-refractivity contribution in [3.8, 4) is 5.75 Å². The van der Waals surface area contributed by atoms with Gasteiger partial charge in [0.15, 0.2) is 0 Å². The molecule has 2 rings (SSSR count). The molecular weight excluding hydrogens is 383 g/mol. The van der Waals surface area contributed by atoms with Crippen molar-refractivity contribution in [2.75, 3.05) is 0 Å². The number of nitrogens with one attached hydrogen (secondary N) is 1. The van der Waals surface area contributed by atoms with Crippen LogP contribution in [0.15, 0.2) is 42.5 Å². The lowest BCUT2D eigenvalue weighted by Gasteiger charge is -2.12. The van der Waals surface area contributed by atoms with Crippen LogP contribution in [-0.2, 0) is 22.3 Å². The van der Waals surface area contributed by atoms with Crippen molar-refractivity contribution in [2.45, 2.75) is 18.9 Å². The van der Waals surface area contributed by atoms with Crippen LogP contribution in [0.1, 0.15) is 11.1 Å². The summed E-state index contributed by atoms with van der Waals surface area (Å²) < 4.78 is 55.7. The van der Waals surface area contributed by atoms with E-state index in [0.717, 1.165) is 0 Å². The fourth-order valence-electron chi connectivity index (χ4n) is 1.95. The molecule has 0 radical (unpaired) electrons. The molecule has 0 aliphatic heterocycles. The van der Waals surface area contributed by atoms with Crippen molar-refractivity contribution >= 4 is 33.2 Å². The molecule has 1 N–H and O–H groups in total. The van der Waals surface area contributed by atoms with Gasteiger partial charge in [0.1, 0.15) is 5.75 Å². The maximum atomic E-state index is 12.3. The molecule has 0 bridgehead atoms. The van der Waals surface area contributed by atoms with E-state index in [1.807, 2.05) is 0 Å². The van der Waals surface area contributed by atoms with E-state index in [1.54, 1.807) is 12.1 Å². The zero-order valence-corrected chi connectivity index (χ0v) is 14.5. The molecule has 2 aromatic rings. The van der Waals surface area contributed by atoms with Gasteiger partial charge in [-0.1, -0.05) is 47.5 Å². The fraction of sp³-hybridized carbons (Fsp3) is 0.200. The second kappa shape index (κ2) is 8.11. The molecule has 0 saturated heterocycles. The predicted molar refractivity (Wildman–Crippen MR) is 89.0 cm³/mol. The van der Waals surface area contributed by atoms with E-state index in [4.69, 9.17) is 23.2 Å². The van der Waals surface area contributed by atoms with Gasteiger partial charge in [0.05, 0.1) is 15.8 Å². The highest BCUT2D eigenvalue weighted by atomic mass is 35.5. The summed E-state index contributed by atoms with van der Waals surface area (Å²) in [5.74, 6) is -0.397. The molecule has 130 valence electrons. The molecule has 9 heteroatoms. The van der Waals surface area contributed by atoms with Crippen LogP contribution in [0.2, 0.25) is 10.0 Å². The Balaban J connectivity index is 2.06. The molecule has 24 heavy (non-hydrogen) atoms. The first-order chi connectivity index (χ1) is 11.3. The summed E-state index contributed by atoms with van der Waals surface area (Å²) in [6.07, 6.45) is 0. The van der Waals surface area contributed by atoms with Gasteiger partial charge in [-0.3, -0.25) is 0 Å². The third-order valence-electron chi connectivity index (χ3n) is 3.01. The van der Waals surface area contributed by atoms with Crippen LogP contribution in [0, 0.1) is 0 Å². The molecule has 0 aromatic heterocycles. The summed E-state index contributed by atoms with van der Waals surface area (Å²) in [6, 6.07) is 10.5. The van der Waals surface area contributed by atoms with Crippen LogP contribution in [0.5, 0.6) is 5.75 Å². The van der Waals surface area contributed by atoms with Crippen LogP contribution in [-0.4, -0.2) is 15.0 Å². The minimum atomic E-state index is -3.70. The van der Waals surface area contributed by atoms with Gasteiger partial charge in [-0.25, -0.2) is 13.1 Å². The Labute approximate surface area is 148 Å². The van der Waals surface area contributed by atoms with E-state index >= 15 is 0 Å². The highest BCUT2D eigenvalue weighted by Crippen LogP contribution is 2.24. The Morgan fingerprint density at radius 3 is 2.46 bits per heavy atom. The van der Waals surface area contributed by atoms with Crippen molar-refractivity contribution in [2.24, 2.45) is 0 Å². The van der Waals surface area contributed by atoms with Crippen molar-refractivity contribution in [3.05, 3.63) is 63.6 Å². The van der Waals surface area contributed by atoms with Crippen molar-refractivity contribution in [3.63, 3.8) is 0 Å². The van der Waals surface area contributed by atoms with E-state index in [9.17, 15) is 17.2 Å². The lowest BCUT2D eigenvalue weighted by Crippen LogP contribution is -2.25. The van der Waals surface area contributed by atoms with Crippen LogP contribution in [0.3, 0.4) is 0 Å². The lowest BCUT2D eigenvalue weighted by molar-refractivity contribution is -0.0504. The zero-order valence-electron chi connectivity index (χ0n) is 12.2. The van der Waals surface area contributed by atoms with Crippen molar-refractivity contribution in [1.29, 1.82) is 0 Å². The maximum Gasteiger partial charge on any atom is 0.387 e. The van der Waals surface area contributed by atoms with Crippen LogP contribution >= 0.6 is 23.2 Å². The van der Waals surface area contributed by atoms with E-state index in [2.05, 4.69) is 9.46 Å². The standard InChI is InChI=1S/C15H13Cl2F2NO3S/c16-12-6-5-10(7-13(12)17)9-24(21,22)20-8-11-3-1-2-4-14(11)23-15(18)19/h1-7,15,20H,8-9H2. The number of halogens is 4. The van der Waals surface area contributed by atoms with Crippen molar-refractivity contribution < 1.29 is 21.9 Å². The fourth-order valence-corrected chi connectivity index (χ4v) is 3.36. The molecule has 2 aromatic carbocycles. The normalized spacial score (nSPS) is 11.7. The summed E-state index contributed by atoms with van der Waals surface area (Å²) in [5, 5.41) is 0.573. The summed E-state index contributed by atoms with van der Waals surface area (Å²) >= 11 is 11.6. The number of alkyl halides is 2. The maximum absolute atomic E-state index is 12.3. The van der Waals surface area contributed by atoms with Gasteiger partial charge in [0, 0.05) is 12.1 Å². The monoisotopic (exact) mass is 395 g/mol. The van der Waals surface area contributed by atoms with Gasteiger partial charge >= 0.3 is 6.61 Å². The van der Waals surface area contributed by atoms with Crippen LogP contribution in [0.4, 0.5) is 8.78 Å². The SMILES string of the molecule is O=S(=O)(Cc1ccc(Cl)c(Cl)c1)NCc1ccccc1OC(F)F. The Morgan fingerprint density at radius 1 is 1.08 bits per heavy atom. The number of hydrogen-bond acceptors (Lipinski definition) is 3. The highest BCUT2D eigenvalue weighted by molar-refractivity contribution is 7.88. The van der Waals surface area contributed by atoms with Gasteiger partial charge in [0.25, 0.3) is 0 Å². The molecule has 0 spiro atoms. The number of hydrogen-bond donors (Lipinski definition) is 1. The summed E-state index contributed by atoms with van der Waals surface area (Å²) in [7, 11) is -3.70. The molecule has 0 aliphatic carbocycles. The molecular formula is C15H13Cl2F2NO3S. The second-order valence-electron chi connectivity index (χ2n) is 4.81.